The molecule has 2 saturated heterocycles. The second kappa shape index (κ2) is 10.5. The van der Waals surface area contributed by atoms with Crippen LogP contribution in [0.2, 0.25) is 0 Å². The van der Waals surface area contributed by atoms with Crippen LogP contribution in [0.4, 0.5) is 17.2 Å². The largest absolute Gasteiger partial charge is 0.353 e. The molecule has 3 aromatic rings. The third-order valence-electron chi connectivity index (χ3n) is 7.17. The molecule has 1 aromatic heterocycles. The fraction of sp³-hybridized carbons (Fsp3) is 0.333. The molecule has 38 heavy (non-hydrogen) atoms. The maximum Gasteiger partial charge on any atom is 0.243 e. The zero-order valence-corrected chi connectivity index (χ0v) is 22.2. The van der Waals surface area contributed by atoms with Crippen LogP contribution < -0.4 is 15.1 Å². The molecule has 2 aliphatic rings. The number of amides is 2. The first-order valence-electron chi connectivity index (χ1n) is 12.5. The van der Waals surface area contributed by atoms with Crippen LogP contribution in [0.25, 0.3) is 0 Å². The summed E-state index contributed by atoms with van der Waals surface area (Å²) in [6.07, 6.45) is 5.01. The summed E-state index contributed by atoms with van der Waals surface area (Å²) in [7, 11) is -3.67. The highest BCUT2D eigenvalue weighted by Gasteiger charge is 2.35. The van der Waals surface area contributed by atoms with Crippen molar-refractivity contribution in [3.63, 3.8) is 0 Å². The highest BCUT2D eigenvalue weighted by molar-refractivity contribution is 7.89. The predicted octanol–water partition coefficient (Wildman–Crippen LogP) is 2.60. The number of nitrogens with zero attached hydrogens (tertiary/aromatic N) is 5. The molecule has 10 nitrogen and oxygen atoms in total. The van der Waals surface area contributed by atoms with Gasteiger partial charge < -0.3 is 15.1 Å². The number of hydrogen-bond donors (Lipinski definition) is 1. The molecular formula is C27H30N6O4S. The fourth-order valence-corrected chi connectivity index (χ4v) is 6.16. The zero-order valence-electron chi connectivity index (χ0n) is 21.4. The van der Waals surface area contributed by atoms with Crippen molar-refractivity contribution >= 4 is 39.0 Å². The van der Waals surface area contributed by atoms with Crippen molar-refractivity contribution in [1.29, 1.82) is 0 Å². The molecule has 5 rings (SSSR count). The Morgan fingerprint density at radius 1 is 0.974 bits per heavy atom. The van der Waals surface area contributed by atoms with Gasteiger partial charge in [0.1, 0.15) is 5.82 Å². The quantitative estimate of drug-likeness (QED) is 0.517. The van der Waals surface area contributed by atoms with Crippen LogP contribution in [0.1, 0.15) is 17.5 Å². The maximum atomic E-state index is 13.2. The number of nitrogens with one attached hydrogen (secondary N) is 1. The van der Waals surface area contributed by atoms with Gasteiger partial charge in [-0.05, 0) is 61.4 Å². The molecule has 0 saturated carbocycles. The number of hydrogen-bond acceptors (Lipinski definition) is 7. The molecule has 1 atom stereocenters. The summed E-state index contributed by atoms with van der Waals surface area (Å²) in [5.74, 6) is -0.113. The van der Waals surface area contributed by atoms with Crippen LogP contribution in [-0.4, -0.2) is 67.2 Å². The normalized spacial score (nSPS) is 18.6. The van der Waals surface area contributed by atoms with E-state index in [-0.39, 0.29) is 23.1 Å². The van der Waals surface area contributed by atoms with Crippen molar-refractivity contribution in [2.45, 2.75) is 25.2 Å². The molecule has 1 unspecified atom stereocenters. The minimum Gasteiger partial charge on any atom is -0.353 e. The second-order valence-electron chi connectivity index (χ2n) is 9.64. The lowest BCUT2D eigenvalue weighted by Crippen LogP contribution is -2.48. The fourth-order valence-electron chi connectivity index (χ4n) is 4.74. The van der Waals surface area contributed by atoms with E-state index in [1.807, 2.05) is 36.9 Å². The summed E-state index contributed by atoms with van der Waals surface area (Å²) >= 11 is 0. The van der Waals surface area contributed by atoms with Crippen LogP contribution in [0, 0.1) is 19.8 Å². The van der Waals surface area contributed by atoms with Crippen LogP contribution in [0.3, 0.4) is 0 Å². The van der Waals surface area contributed by atoms with Gasteiger partial charge in [0.05, 0.1) is 17.0 Å². The van der Waals surface area contributed by atoms with Crippen LogP contribution in [-0.2, 0) is 19.6 Å². The van der Waals surface area contributed by atoms with Crippen molar-refractivity contribution in [2.24, 2.45) is 5.92 Å². The van der Waals surface area contributed by atoms with Gasteiger partial charge in [-0.3, -0.25) is 14.6 Å². The number of carbonyl (C=O) groups excluding carboxylic acids is 2. The minimum absolute atomic E-state index is 0.0887. The summed E-state index contributed by atoms with van der Waals surface area (Å²) in [6, 6.07) is 12.0. The van der Waals surface area contributed by atoms with E-state index in [0.717, 1.165) is 22.6 Å². The first kappa shape index (κ1) is 25.8. The molecule has 3 heterocycles. The molecule has 0 radical (unpaired) electrons. The van der Waals surface area contributed by atoms with Gasteiger partial charge in [-0.15, -0.1) is 0 Å². The lowest BCUT2D eigenvalue weighted by molar-refractivity contribution is -0.122. The Morgan fingerprint density at radius 2 is 1.71 bits per heavy atom. The maximum absolute atomic E-state index is 13.2. The van der Waals surface area contributed by atoms with Gasteiger partial charge in [-0.25, -0.2) is 13.4 Å². The van der Waals surface area contributed by atoms with Crippen molar-refractivity contribution in [3.8, 4) is 0 Å². The highest BCUT2D eigenvalue weighted by Crippen LogP contribution is 2.28. The van der Waals surface area contributed by atoms with Crippen LogP contribution in [0.15, 0.2) is 66.0 Å². The summed E-state index contributed by atoms with van der Waals surface area (Å²) in [5.41, 5.74) is 3.51. The molecule has 0 bridgehead atoms. The average molecular weight is 535 g/mol. The number of carbonyl (C=O) groups is 2. The topological polar surface area (TPSA) is 116 Å². The molecule has 1 N–H and O–H groups in total. The van der Waals surface area contributed by atoms with E-state index in [1.165, 1.54) is 16.4 Å². The Labute approximate surface area is 222 Å². The van der Waals surface area contributed by atoms with Crippen molar-refractivity contribution in [3.05, 3.63) is 72.2 Å². The molecule has 11 heteroatoms. The number of aromatic nitrogens is 2. The SMILES string of the molecule is Cc1ccc(N2CC(C(=O)Nc3ccc(S(=O)(=O)N4CCN(c5cnccn5)CC4)cc3)CC2=O)cc1C. The molecule has 198 valence electrons. The summed E-state index contributed by atoms with van der Waals surface area (Å²) < 4.78 is 27.8. The zero-order chi connectivity index (χ0) is 26.9. The van der Waals surface area contributed by atoms with E-state index in [2.05, 4.69) is 15.3 Å². The number of benzene rings is 2. The Bertz CT molecular complexity index is 1440. The molecule has 2 aliphatic heterocycles. The molecule has 2 fully saturated rings. The number of rotatable bonds is 6. The van der Waals surface area contributed by atoms with Gasteiger partial charge in [0.25, 0.3) is 0 Å². The Morgan fingerprint density at radius 3 is 2.37 bits per heavy atom. The van der Waals surface area contributed by atoms with E-state index < -0.39 is 15.9 Å². The second-order valence-corrected chi connectivity index (χ2v) is 11.6. The van der Waals surface area contributed by atoms with E-state index >= 15 is 0 Å². The van der Waals surface area contributed by atoms with Gasteiger partial charge in [0.15, 0.2) is 0 Å². The molecular weight excluding hydrogens is 504 g/mol. The first-order valence-corrected chi connectivity index (χ1v) is 14.0. The van der Waals surface area contributed by atoms with Crippen molar-refractivity contribution < 1.29 is 18.0 Å². The van der Waals surface area contributed by atoms with E-state index in [4.69, 9.17) is 0 Å². The standard InChI is InChI=1S/C27H30N6O4S/c1-19-3-6-23(15-20(19)2)33-18-21(16-26(33)34)27(35)30-22-4-7-24(8-5-22)38(36,37)32-13-11-31(12-14-32)25-17-28-9-10-29-25/h3-10,15,17,21H,11-14,16,18H2,1-2H3,(H,30,35). The molecule has 0 spiro atoms. The predicted molar refractivity (Wildman–Crippen MR) is 144 cm³/mol. The highest BCUT2D eigenvalue weighted by atomic mass is 32.2. The average Bonchev–Trinajstić information content (AvgIpc) is 3.33. The summed E-state index contributed by atoms with van der Waals surface area (Å²) in [6.45, 7) is 6.03. The third-order valence-corrected chi connectivity index (χ3v) is 9.08. The Hall–Kier alpha value is -3.83. The lowest BCUT2D eigenvalue weighted by Gasteiger charge is -2.34. The Balaban J connectivity index is 1.19. The minimum atomic E-state index is -3.67. The third kappa shape index (κ3) is 5.25. The van der Waals surface area contributed by atoms with Crippen LogP contribution in [0.5, 0.6) is 0 Å². The number of anilines is 3. The van der Waals surface area contributed by atoms with Gasteiger partial charge >= 0.3 is 0 Å². The monoisotopic (exact) mass is 534 g/mol. The Kier molecular flexibility index (Phi) is 7.13. The number of sulfonamides is 1. The number of piperazine rings is 1. The summed E-state index contributed by atoms with van der Waals surface area (Å²) in [5, 5.41) is 2.83. The van der Waals surface area contributed by atoms with Gasteiger partial charge in [0.2, 0.25) is 21.8 Å². The lowest BCUT2D eigenvalue weighted by atomic mass is 10.1. The van der Waals surface area contributed by atoms with Gasteiger partial charge in [-0.1, -0.05) is 6.07 Å². The van der Waals surface area contributed by atoms with Gasteiger partial charge in [0, 0.05) is 62.9 Å². The van der Waals surface area contributed by atoms with Gasteiger partial charge in [-0.2, -0.15) is 4.31 Å². The van der Waals surface area contributed by atoms with Crippen LogP contribution >= 0.6 is 0 Å². The molecule has 2 aromatic carbocycles. The van der Waals surface area contributed by atoms with Crippen molar-refractivity contribution in [2.75, 3.05) is 47.8 Å². The molecule has 0 aliphatic carbocycles. The van der Waals surface area contributed by atoms with E-state index in [0.29, 0.717) is 38.4 Å². The summed E-state index contributed by atoms with van der Waals surface area (Å²) in [4.78, 5) is 37.7. The first-order chi connectivity index (χ1) is 18.2. The molecule has 2 amide bonds. The number of aryl methyl sites for hydroxylation is 2. The van der Waals surface area contributed by atoms with E-state index in [9.17, 15) is 18.0 Å². The van der Waals surface area contributed by atoms with E-state index in [1.54, 1.807) is 35.6 Å². The van der Waals surface area contributed by atoms with Crippen molar-refractivity contribution in [1.82, 2.24) is 14.3 Å². The smallest absolute Gasteiger partial charge is 0.243 e.